The van der Waals surface area contributed by atoms with Crippen LogP contribution in [0.15, 0.2) is 24.3 Å². The number of methoxy groups -OCH3 is 1. The first-order valence-corrected chi connectivity index (χ1v) is 7.29. The second kappa shape index (κ2) is 7.11. The van der Waals surface area contributed by atoms with Crippen molar-refractivity contribution < 1.29 is 19.1 Å². The van der Waals surface area contributed by atoms with E-state index in [1.165, 1.54) is 7.11 Å². The largest absolute Gasteiger partial charge is 0.496 e. The lowest BCUT2D eigenvalue weighted by Gasteiger charge is -2.34. The highest BCUT2D eigenvalue weighted by Crippen LogP contribution is 2.25. The average molecular weight is 291 g/mol. The number of likely N-dealkylation sites (tertiary alicyclic amines) is 1. The van der Waals surface area contributed by atoms with Gasteiger partial charge < -0.3 is 14.4 Å². The summed E-state index contributed by atoms with van der Waals surface area (Å²) in [4.78, 5) is 26.4. The molecule has 1 aromatic rings. The molecule has 0 aromatic heterocycles. The van der Waals surface area contributed by atoms with Crippen LogP contribution in [-0.2, 0) is 9.53 Å². The number of carbonyl (C=O) groups excluding carboxylic acids is 2. The van der Waals surface area contributed by atoms with E-state index in [0.717, 1.165) is 12.8 Å². The van der Waals surface area contributed by atoms with Gasteiger partial charge in [0.2, 0.25) is 0 Å². The molecular weight excluding hydrogens is 270 g/mol. The predicted octanol–water partition coefficient (Wildman–Crippen LogP) is 2.25. The smallest absolute Gasteiger partial charge is 0.328 e. The molecule has 1 fully saturated rings. The molecule has 1 aliphatic heterocycles. The zero-order chi connectivity index (χ0) is 15.2. The topological polar surface area (TPSA) is 55.8 Å². The van der Waals surface area contributed by atoms with Crippen LogP contribution < -0.4 is 4.74 Å². The van der Waals surface area contributed by atoms with Crippen molar-refractivity contribution in [1.82, 2.24) is 4.90 Å². The molecule has 0 N–H and O–H groups in total. The van der Waals surface area contributed by atoms with Crippen LogP contribution in [0, 0.1) is 0 Å². The minimum Gasteiger partial charge on any atom is -0.496 e. The van der Waals surface area contributed by atoms with Crippen LogP contribution in [0.4, 0.5) is 0 Å². The summed E-state index contributed by atoms with van der Waals surface area (Å²) in [7, 11) is 1.53. The number of hydrogen-bond acceptors (Lipinski definition) is 4. The lowest BCUT2D eigenvalue weighted by atomic mass is 10.0. The third-order valence-electron chi connectivity index (χ3n) is 3.66. The van der Waals surface area contributed by atoms with E-state index in [0.29, 0.717) is 30.9 Å². The van der Waals surface area contributed by atoms with Gasteiger partial charge in [0.05, 0.1) is 19.3 Å². The van der Waals surface area contributed by atoms with Gasteiger partial charge in [-0.05, 0) is 38.3 Å². The molecule has 1 heterocycles. The molecular formula is C16H21NO4. The molecule has 2 rings (SSSR count). The second-order valence-electron chi connectivity index (χ2n) is 4.96. The van der Waals surface area contributed by atoms with E-state index in [4.69, 9.17) is 9.47 Å². The van der Waals surface area contributed by atoms with Crippen molar-refractivity contribution in [2.45, 2.75) is 32.2 Å². The Morgan fingerprint density at radius 2 is 2.05 bits per heavy atom. The summed E-state index contributed by atoms with van der Waals surface area (Å²) in [6.45, 7) is 2.67. The van der Waals surface area contributed by atoms with E-state index in [-0.39, 0.29) is 11.9 Å². The molecule has 114 valence electrons. The molecule has 0 spiro atoms. The van der Waals surface area contributed by atoms with Gasteiger partial charge in [0.1, 0.15) is 11.8 Å². The Hall–Kier alpha value is -2.04. The number of rotatable bonds is 4. The summed E-state index contributed by atoms with van der Waals surface area (Å²) in [5, 5.41) is 0. The third-order valence-corrected chi connectivity index (χ3v) is 3.66. The molecule has 0 unspecified atom stereocenters. The summed E-state index contributed by atoms with van der Waals surface area (Å²) < 4.78 is 10.3. The van der Waals surface area contributed by atoms with Crippen LogP contribution in [0.5, 0.6) is 5.75 Å². The molecule has 0 bridgehead atoms. The molecule has 5 nitrogen and oxygen atoms in total. The average Bonchev–Trinajstić information content (AvgIpc) is 2.54. The quantitative estimate of drug-likeness (QED) is 0.798. The molecule has 1 aromatic carbocycles. The summed E-state index contributed by atoms with van der Waals surface area (Å²) in [6, 6.07) is 6.58. The molecule has 0 aliphatic carbocycles. The van der Waals surface area contributed by atoms with Crippen LogP contribution >= 0.6 is 0 Å². The molecule has 21 heavy (non-hydrogen) atoms. The predicted molar refractivity (Wildman–Crippen MR) is 78.3 cm³/mol. The summed E-state index contributed by atoms with van der Waals surface area (Å²) in [5.41, 5.74) is 0.483. The number of amides is 1. The third kappa shape index (κ3) is 3.35. The summed E-state index contributed by atoms with van der Waals surface area (Å²) in [5.74, 6) is 0.0290. The number of para-hydroxylation sites is 1. The molecule has 0 saturated carbocycles. The fraction of sp³-hybridized carbons (Fsp3) is 0.500. The van der Waals surface area contributed by atoms with Gasteiger partial charge in [-0.3, -0.25) is 4.79 Å². The number of nitrogens with zero attached hydrogens (tertiary/aromatic N) is 1. The van der Waals surface area contributed by atoms with Crippen LogP contribution in [0.25, 0.3) is 0 Å². The number of ether oxygens (including phenoxy) is 2. The van der Waals surface area contributed by atoms with Gasteiger partial charge >= 0.3 is 5.97 Å². The zero-order valence-electron chi connectivity index (χ0n) is 12.5. The Bertz CT molecular complexity index is 515. The Balaban J connectivity index is 2.24. The molecule has 5 heteroatoms. The molecule has 1 saturated heterocycles. The number of benzene rings is 1. The Morgan fingerprint density at radius 1 is 1.29 bits per heavy atom. The molecule has 0 radical (unpaired) electrons. The van der Waals surface area contributed by atoms with Crippen molar-refractivity contribution in [3.63, 3.8) is 0 Å². The van der Waals surface area contributed by atoms with Crippen LogP contribution in [0.3, 0.4) is 0 Å². The maximum atomic E-state index is 12.7. The van der Waals surface area contributed by atoms with Crippen molar-refractivity contribution >= 4 is 11.9 Å². The van der Waals surface area contributed by atoms with Crippen molar-refractivity contribution in [3.8, 4) is 5.75 Å². The highest BCUT2D eigenvalue weighted by molar-refractivity contribution is 5.99. The van der Waals surface area contributed by atoms with Crippen molar-refractivity contribution in [3.05, 3.63) is 29.8 Å². The van der Waals surface area contributed by atoms with E-state index in [1.54, 1.807) is 30.0 Å². The molecule has 1 atom stereocenters. The Morgan fingerprint density at radius 3 is 2.76 bits per heavy atom. The first kappa shape index (κ1) is 15.4. The SMILES string of the molecule is CCOC(=O)[C@@H]1CCCCN1C(=O)c1ccccc1OC. The number of carbonyl (C=O) groups is 2. The van der Waals surface area contributed by atoms with E-state index >= 15 is 0 Å². The lowest BCUT2D eigenvalue weighted by Crippen LogP contribution is -2.48. The van der Waals surface area contributed by atoms with Crippen LogP contribution in [0.1, 0.15) is 36.5 Å². The normalized spacial score (nSPS) is 18.2. The summed E-state index contributed by atoms with van der Waals surface area (Å²) in [6.07, 6.45) is 2.48. The van der Waals surface area contributed by atoms with Crippen molar-refractivity contribution in [1.29, 1.82) is 0 Å². The van der Waals surface area contributed by atoms with Gasteiger partial charge in [-0.2, -0.15) is 0 Å². The first-order valence-electron chi connectivity index (χ1n) is 7.29. The lowest BCUT2D eigenvalue weighted by molar-refractivity contribution is -0.149. The number of piperidine rings is 1. The minimum atomic E-state index is -0.490. The van der Waals surface area contributed by atoms with Gasteiger partial charge in [0, 0.05) is 6.54 Å². The van der Waals surface area contributed by atoms with Crippen LogP contribution in [0.2, 0.25) is 0 Å². The zero-order valence-corrected chi connectivity index (χ0v) is 12.5. The van der Waals surface area contributed by atoms with Gasteiger partial charge in [0.15, 0.2) is 0 Å². The first-order chi connectivity index (χ1) is 10.2. The monoisotopic (exact) mass is 291 g/mol. The van der Waals surface area contributed by atoms with Gasteiger partial charge in [-0.15, -0.1) is 0 Å². The van der Waals surface area contributed by atoms with Gasteiger partial charge in [0.25, 0.3) is 5.91 Å². The highest BCUT2D eigenvalue weighted by Gasteiger charge is 2.34. The maximum absolute atomic E-state index is 12.7. The van der Waals surface area contributed by atoms with E-state index in [1.807, 2.05) is 6.07 Å². The highest BCUT2D eigenvalue weighted by atomic mass is 16.5. The van der Waals surface area contributed by atoms with Gasteiger partial charge in [-0.1, -0.05) is 12.1 Å². The molecule has 1 amide bonds. The van der Waals surface area contributed by atoms with Crippen LogP contribution in [-0.4, -0.2) is 43.1 Å². The van der Waals surface area contributed by atoms with Gasteiger partial charge in [-0.25, -0.2) is 4.79 Å². The van der Waals surface area contributed by atoms with E-state index in [9.17, 15) is 9.59 Å². The molecule has 1 aliphatic rings. The summed E-state index contributed by atoms with van der Waals surface area (Å²) >= 11 is 0. The number of esters is 1. The Kier molecular flexibility index (Phi) is 5.20. The van der Waals surface area contributed by atoms with E-state index in [2.05, 4.69) is 0 Å². The standard InChI is InChI=1S/C16H21NO4/c1-3-21-16(19)13-9-6-7-11-17(13)15(18)12-8-4-5-10-14(12)20-2/h4-5,8,10,13H,3,6-7,9,11H2,1-2H3/t13-/m0/s1. The fourth-order valence-electron chi connectivity index (χ4n) is 2.63. The Labute approximate surface area is 124 Å². The fourth-order valence-corrected chi connectivity index (χ4v) is 2.63. The van der Waals surface area contributed by atoms with Crippen molar-refractivity contribution in [2.24, 2.45) is 0 Å². The second-order valence-corrected chi connectivity index (χ2v) is 4.96. The minimum absolute atomic E-state index is 0.176. The maximum Gasteiger partial charge on any atom is 0.328 e. The number of hydrogen-bond donors (Lipinski definition) is 0. The van der Waals surface area contributed by atoms with Crippen molar-refractivity contribution in [2.75, 3.05) is 20.3 Å². The van der Waals surface area contributed by atoms with E-state index < -0.39 is 6.04 Å².